The van der Waals surface area contributed by atoms with E-state index in [-0.39, 0.29) is 17.8 Å². The monoisotopic (exact) mass is 259 g/mol. The Kier molecular flexibility index (Phi) is 3.43. The predicted octanol–water partition coefficient (Wildman–Crippen LogP) is 1.39. The number of hydrogen-bond donors (Lipinski definition) is 1. The minimum absolute atomic E-state index is 0.113. The van der Waals surface area contributed by atoms with E-state index in [1.54, 1.807) is 13.0 Å². The Balaban J connectivity index is 2.44. The molecule has 1 aromatic carbocycles. The van der Waals surface area contributed by atoms with Gasteiger partial charge in [0.25, 0.3) is 5.69 Å². The lowest BCUT2D eigenvalue weighted by atomic mass is 10.2. The number of esters is 1. The molecule has 7 nitrogen and oxygen atoms in total. The van der Waals surface area contributed by atoms with Crippen LogP contribution in [0.4, 0.5) is 5.69 Å². The maximum atomic E-state index is 11.1. The van der Waals surface area contributed by atoms with Crippen LogP contribution in [0.2, 0.25) is 0 Å². The van der Waals surface area contributed by atoms with Crippen molar-refractivity contribution in [2.45, 2.75) is 6.92 Å². The molecule has 7 heteroatoms. The van der Waals surface area contributed by atoms with Gasteiger partial charge in [-0.05, 0) is 18.9 Å². The molecule has 0 bridgehead atoms. The van der Waals surface area contributed by atoms with Gasteiger partial charge in [0.15, 0.2) is 5.52 Å². The van der Waals surface area contributed by atoms with Crippen LogP contribution in [0.5, 0.6) is 0 Å². The van der Waals surface area contributed by atoms with Crippen molar-refractivity contribution in [2.75, 3.05) is 6.61 Å². The molecule has 0 saturated carbocycles. The minimum atomic E-state index is -0.657. The van der Waals surface area contributed by atoms with Crippen LogP contribution in [0.1, 0.15) is 12.6 Å². The van der Waals surface area contributed by atoms with Gasteiger partial charge >= 0.3 is 5.97 Å². The lowest BCUT2D eigenvalue weighted by Gasteiger charge is -1.92. The van der Waals surface area contributed by atoms with Crippen molar-refractivity contribution in [1.29, 1.82) is 0 Å². The highest BCUT2D eigenvalue weighted by Gasteiger charge is 2.15. The van der Waals surface area contributed by atoms with E-state index in [0.717, 1.165) is 0 Å². The molecule has 96 valence electrons. The van der Waals surface area contributed by atoms with Crippen molar-refractivity contribution in [2.24, 2.45) is 0 Å². The molecule has 0 aliphatic heterocycles. The number of non-ortho nitro benzene ring substituents is 1. The fraction of sp³-hybridized carbons (Fsp3) is 0.167. The van der Waals surface area contributed by atoms with Crippen LogP contribution in [0, 0.1) is 22.0 Å². The Morgan fingerprint density at radius 2 is 2.37 bits per heavy atom. The maximum Gasteiger partial charge on any atom is 0.384 e. The third-order valence-electron chi connectivity index (χ3n) is 2.33. The van der Waals surface area contributed by atoms with Gasteiger partial charge in [0.05, 0.1) is 11.5 Å². The highest BCUT2D eigenvalue weighted by molar-refractivity contribution is 5.93. The summed E-state index contributed by atoms with van der Waals surface area (Å²) in [5.41, 5.74) is 0.436. The molecule has 0 amide bonds. The number of nitro benzene ring substituents is 1. The molecular weight excluding hydrogens is 250 g/mol. The topological polar surface area (TPSA) is 98.1 Å². The van der Waals surface area contributed by atoms with E-state index < -0.39 is 10.9 Å². The second-order valence-corrected chi connectivity index (χ2v) is 3.50. The Hall–Kier alpha value is -2.88. The number of hydrogen-bond acceptors (Lipinski definition) is 5. The second kappa shape index (κ2) is 5.18. The van der Waals surface area contributed by atoms with Gasteiger partial charge in [0, 0.05) is 17.4 Å². The number of rotatable bonds is 2. The number of aromatic amines is 1. The van der Waals surface area contributed by atoms with Crippen LogP contribution in [0.15, 0.2) is 18.2 Å². The molecule has 0 saturated heterocycles. The lowest BCUT2D eigenvalue weighted by Crippen LogP contribution is -1.99. The molecule has 19 heavy (non-hydrogen) atoms. The number of nitrogens with zero attached hydrogens (tertiary/aromatic N) is 2. The Labute approximate surface area is 107 Å². The number of ether oxygens (including phenoxy) is 1. The fourth-order valence-corrected chi connectivity index (χ4v) is 1.55. The molecule has 0 radical (unpaired) electrons. The molecule has 0 unspecified atom stereocenters. The van der Waals surface area contributed by atoms with Crippen LogP contribution in [-0.4, -0.2) is 27.7 Å². The first-order chi connectivity index (χ1) is 9.13. The second-order valence-electron chi connectivity index (χ2n) is 3.50. The first-order valence-corrected chi connectivity index (χ1v) is 5.43. The number of benzene rings is 1. The average Bonchev–Trinajstić information content (AvgIpc) is 2.79. The summed E-state index contributed by atoms with van der Waals surface area (Å²) in [5, 5.41) is 17.7. The number of aromatic nitrogens is 2. The van der Waals surface area contributed by atoms with Crippen molar-refractivity contribution in [3.8, 4) is 11.8 Å². The molecule has 1 aromatic heterocycles. The minimum Gasteiger partial charge on any atom is -0.456 e. The number of H-pyrrole nitrogens is 1. The summed E-state index contributed by atoms with van der Waals surface area (Å²) in [6.45, 7) is 1.91. The third kappa shape index (κ3) is 2.52. The maximum absolute atomic E-state index is 11.1. The predicted molar refractivity (Wildman–Crippen MR) is 66.3 cm³/mol. The van der Waals surface area contributed by atoms with Gasteiger partial charge in [-0.1, -0.05) is 6.07 Å². The van der Waals surface area contributed by atoms with E-state index >= 15 is 0 Å². The zero-order valence-electron chi connectivity index (χ0n) is 9.97. The number of nitrogens with one attached hydrogen (secondary N) is 1. The van der Waals surface area contributed by atoms with E-state index in [9.17, 15) is 14.9 Å². The normalized spacial score (nSPS) is 9.74. The van der Waals surface area contributed by atoms with Gasteiger partial charge in [-0.15, -0.1) is 0 Å². The van der Waals surface area contributed by atoms with Crippen LogP contribution < -0.4 is 0 Å². The molecular formula is C12H9N3O4. The molecule has 2 rings (SSSR count). The highest BCUT2D eigenvalue weighted by Crippen LogP contribution is 2.24. The summed E-state index contributed by atoms with van der Waals surface area (Å²) in [5.74, 6) is 4.17. The quantitative estimate of drug-likeness (QED) is 0.380. The van der Waals surface area contributed by atoms with E-state index in [0.29, 0.717) is 11.1 Å². The van der Waals surface area contributed by atoms with Crippen LogP contribution >= 0.6 is 0 Å². The zero-order valence-corrected chi connectivity index (χ0v) is 9.97. The number of carbonyl (C=O) groups is 1. The summed E-state index contributed by atoms with van der Waals surface area (Å²) in [6, 6.07) is 4.53. The Bertz CT molecular complexity index is 709. The van der Waals surface area contributed by atoms with Gasteiger partial charge < -0.3 is 4.74 Å². The third-order valence-corrected chi connectivity index (χ3v) is 2.33. The van der Waals surface area contributed by atoms with Gasteiger partial charge in [-0.2, -0.15) is 5.10 Å². The number of para-hydroxylation sites is 1. The lowest BCUT2D eigenvalue weighted by molar-refractivity contribution is -0.383. The number of fused-ring (bicyclic) bond motifs is 1. The van der Waals surface area contributed by atoms with Crippen molar-refractivity contribution in [3.63, 3.8) is 0 Å². The molecule has 0 fully saturated rings. The first-order valence-electron chi connectivity index (χ1n) is 5.43. The first kappa shape index (κ1) is 12.6. The van der Waals surface area contributed by atoms with Crippen molar-refractivity contribution in [3.05, 3.63) is 34.0 Å². The smallest absolute Gasteiger partial charge is 0.384 e. The van der Waals surface area contributed by atoms with E-state index in [4.69, 9.17) is 0 Å². The average molecular weight is 259 g/mol. The summed E-state index contributed by atoms with van der Waals surface area (Å²) >= 11 is 0. The standard InChI is InChI=1S/C12H9N3O4/c1-2-19-11(16)7-6-9-8-4-3-5-10(15(17)18)12(8)14-13-9/h3-5H,2H2,1H3,(H,13,14). The van der Waals surface area contributed by atoms with Crippen LogP contribution in [-0.2, 0) is 9.53 Å². The molecule has 0 atom stereocenters. The van der Waals surface area contributed by atoms with Crippen LogP contribution in [0.25, 0.3) is 10.9 Å². The van der Waals surface area contributed by atoms with Crippen molar-refractivity contribution >= 4 is 22.6 Å². The van der Waals surface area contributed by atoms with Gasteiger partial charge in [-0.3, -0.25) is 15.2 Å². The Morgan fingerprint density at radius 3 is 3.05 bits per heavy atom. The van der Waals surface area contributed by atoms with Crippen molar-refractivity contribution < 1.29 is 14.5 Å². The number of carbonyl (C=O) groups excluding carboxylic acids is 1. The SMILES string of the molecule is CCOC(=O)C#Cc1[nH]nc2c([N+](=O)[O-])cccc12. The molecule has 1 N–H and O–H groups in total. The zero-order chi connectivity index (χ0) is 13.8. The van der Waals surface area contributed by atoms with Gasteiger partial charge in [-0.25, -0.2) is 4.79 Å². The molecule has 0 spiro atoms. The van der Waals surface area contributed by atoms with Crippen molar-refractivity contribution in [1.82, 2.24) is 10.2 Å². The highest BCUT2D eigenvalue weighted by atomic mass is 16.6. The molecule has 0 aliphatic carbocycles. The Morgan fingerprint density at radius 1 is 1.58 bits per heavy atom. The molecule has 2 aromatic rings. The van der Waals surface area contributed by atoms with Crippen LogP contribution in [0.3, 0.4) is 0 Å². The molecule has 1 heterocycles. The summed E-state index contributed by atoms with van der Waals surface area (Å²) in [4.78, 5) is 21.4. The summed E-state index contributed by atoms with van der Waals surface area (Å²) in [7, 11) is 0. The molecule has 0 aliphatic rings. The summed E-state index contributed by atoms with van der Waals surface area (Å²) in [6.07, 6.45) is 0. The largest absolute Gasteiger partial charge is 0.456 e. The number of nitro groups is 1. The summed E-state index contributed by atoms with van der Waals surface area (Å²) < 4.78 is 4.66. The van der Waals surface area contributed by atoms with Gasteiger partial charge in [0.1, 0.15) is 5.69 Å². The van der Waals surface area contributed by atoms with E-state index in [2.05, 4.69) is 26.8 Å². The fourth-order valence-electron chi connectivity index (χ4n) is 1.55. The van der Waals surface area contributed by atoms with Gasteiger partial charge in [0.2, 0.25) is 0 Å². The van der Waals surface area contributed by atoms with E-state index in [1.807, 2.05) is 0 Å². The van der Waals surface area contributed by atoms with E-state index in [1.165, 1.54) is 12.1 Å².